The van der Waals surface area contributed by atoms with Crippen molar-refractivity contribution in [3.05, 3.63) is 0 Å². The van der Waals surface area contributed by atoms with Crippen molar-refractivity contribution in [2.75, 3.05) is 30.7 Å². The van der Waals surface area contributed by atoms with Gasteiger partial charge in [0.1, 0.15) is 0 Å². The summed E-state index contributed by atoms with van der Waals surface area (Å²) in [7, 11) is 0. The van der Waals surface area contributed by atoms with Crippen LogP contribution in [0.4, 0.5) is 10.8 Å². The van der Waals surface area contributed by atoms with E-state index in [1.165, 1.54) is 18.0 Å². The first-order valence-corrected chi connectivity index (χ1v) is 8.28. The zero-order chi connectivity index (χ0) is 15.2. The second kappa shape index (κ2) is 7.49. The first-order chi connectivity index (χ1) is 10.1. The second-order valence-electron chi connectivity index (χ2n) is 5.51. The van der Waals surface area contributed by atoms with Gasteiger partial charge in [-0.15, -0.1) is 0 Å². The summed E-state index contributed by atoms with van der Waals surface area (Å²) in [5.41, 5.74) is 5.80. The first kappa shape index (κ1) is 15.9. The minimum Gasteiger partial charge on any atom is -0.484 e. The fraction of sp³-hybridized carbons (Fsp3) is 0.714. The summed E-state index contributed by atoms with van der Waals surface area (Å²) in [6.07, 6.45) is 4.00. The van der Waals surface area contributed by atoms with Crippen LogP contribution in [-0.4, -0.2) is 40.9 Å². The van der Waals surface area contributed by atoms with Crippen molar-refractivity contribution in [2.24, 2.45) is 0 Å². The number of ether oxygens (including phenoxy) is 1. The van der Waals surface area contributed by atoms with Crippen LogP contribution in [0.3, 0.4) is 0 Å². The molecule has 1 aliphatic heterocycles. The lowest BCUT2D eigenvalue weighted by atomic mass is 10.1. The summed E-state index contributed by atoms with van der Waals surface area (Å²) in [4.78, 5) is 14.0. The van der Waals surface area contributed by atoms with Crippen molar-refractivity contribution >= 4 is 28.3 Å². The molecule has 1 saturated heterocycles. The highest BCUT2D eigenvalue weighted by atomic mass is 32.1. The lowest BCUT2D eigenvalue weighted by Gasteiger charge is -2.26. The molecule has 0 unspecified atom stereocenters. The third-order valence-electron chi connectivity index (χ3n) is 3.36. The van der Waals surface area contributed by atoms with Gasteiger partial charge in [0.15, 0.2) is 16.6 Å². The number of nitrogens with zero attached hydrogens (tertiary/aromatic N) is 2. The molecule has 0 aliphatic carbocycles. The molecule has 0 spiro atoms. The Morgan fingerprint density at radius 2 is 2.14 bits per heavy atom. The Kier molecular flexibility index (Phi) is 5.67. The second-order valence-corrected chi connectivity index (χ2v) is 6.28. The molecule has 21 heavy (non-hydrogen) atoms. The third kappa shape index (κ3) is 4.49. The number of carbonyl (C=O) groups is 1. The Morgan fingerprint density at radius 3 is 2.81 bits per heavy atom. The monoisotopic (exact) mass is 312 g/mol. The van der Waals surface area contributed by atoms with Gasteiger partial charge in [0.05, 0.1) is 6.10 Å². The van der Waals surface area contributed by atoms with Crippen molar-refractivity contribution in [3.8, 4) is 5.75 Å². The Balaban J connectivity index is 1.81. The number of hydrogen-bond donors (Lipinski definition) is 2. The molecule has 1 aromatic heterocycles. The Bertz CT molecular complexity index is 470. The highest BCUT2D eigenvalue weighted by Crippen LogP contribution is 2.35. The van der Waals surface area contributed by atoms with Crippen LogP contribution in [0.1, 0.15) is 39.5 Å². The summed E-state index contributed by atoms with van der Waals surface area (Å²) in [6, 6.07) is 0. The van der Waals surface area contributed by atoms with E-state index in [-0.39, 0.29) is 12.0 Å². The normalized spacial score (nSPS) is 15.3. The fourth-order valence-electron chi connectivity index (χ4n) is 2.34. The molecular weight excluding hydrogens is 288 g/mol. The summed E-state index contributed by atoms with van der Waals surface area (Å²) < 4.78 is 9.75. The summed E-state index contributed by atoms with van der Waals surface area (Å²) in [6.45, 7) is 6.26. The van der Waals surface area contributed by atoms with Gasteiger partial charge in [-0.2, -0.15) is 4.37 Å². The van der Waals surface area contributed by atoms with E-state index in [4.69, 9.17) is 10.5 Å². The molecule has 0 bridgehead atoms. The van der Waals surface area contributed by atoms with Gasteiger partial charge in [0.25, 0.3) is 0 Å². The van der Waals surface area contributed by atoms with Gasteiger partial charge in [-0.25, -0.2) is 0 Å². The number of rotatable bonds is 6. The molecule has 118 valence electrons. The molecule has 0 aromatic carbocycles. The van der Waals surface area contributed by atoms with Crippen molar-refractivity contribution < 1.29 is 9.53 Å². The molecule has 2 heterocycles. The summed E-state index contributed by atoms with van der Waals surface area (Å²) in [5, 5.41) is 4.01. The molecule has 2 rings (SSSR count). The lowest BCUT2D eigenvalue weighted by Crippen LogP contribution is -2.36. The minimum atomic E-state index is 0.0410. The van der Waals surface area contributed by atoms with Crippen LogP contribution in [0.25, 0.3) is 0 Å². The maximum Gasteiger partial charge on any atom is 0.224 e. The number of anilines is 2. The molecule has 6 nitrogen and oxygen atoms in total. The molecule has 3 N–H and O–H groups in total. The van der Waals surface area contributed by atoms with Gasteiger partial charge in [-0.3, -0.25) is 4.79 Å². The Hall–Kier alpha value is -1.50. The first-order valence-electron chi connectivity index (χ1n) is 7.51. The van der Waals surface area contributed by atoms with Gasteiger partial charge in [0.2, 0.25) is 5.91 Å². The average molecular weight is 312 g/mol. The van der Waals surface area contributed by atoms with Crippen LogP contribution < -0.4 is 15.8 Å². The number of carbonyl (C=O) groups excluding carboxylic acids is 1. The predicted octanol–water partition coefficient (Wildman–Crippen LogP) is 2.33. The van der Waals surface area contributed by atoms with Crippen molar-refractivity contribution in [2.45, 2.75) is 45.6 Å². The van der Waals surface area contributed by atoms with Crippen molar-refractivity contribution in [1.29, 1.82) is 0 Å². The molecule has 1 fully saturated rings. The fourth-order valence-corrected chi connectivity index (χ4v) is 3.02. The highest BCUT2D eigenvalue weighted by Gasteiger charge is 2.17. The number of likely N-dealkylation sites (tertiary alicyclic amines) is 1. The van der Waals surface area contributed by atoms with E-state index in [9.17, 15) is 4.79 Å². The molecule has 0 radical (unpaired) electrons. The summed E-state index contributed by atoms with van der Waals surface area (Å²) >= 11 is 1.27. The van der Waals surface area contributed by atoms with Crippen LogP contribution in [0, 0.1) is 0 Å². The average Bonchev–Trinajstić information content (AvgIpc) is 2.80. The van der Waals surface area contributed by atoms with Gasteiger partial charge < -0.3 is 20.7 Å². The number of nitrogens with one attached hydrogen (secondary N) is 1. The van der Waals surface area contributed by atoms with Crippen molar-refractivity contribution in [3.63, 3.8) is 0 Å². The van der Waals surface area contributed by atoms with Gasteiger partial charge >= 0.3 is 0 Å². The Morgan fingerprint density at radius 1 is 1.43 bits per heavy atom. The van der Waals surface area contributed by atoms with E-state index >= 15 is 0 Å². The van der Waals surface area contributed by atoms with Gasteiger partial charge in [-0.1, -0.05) is 0 Å². The highest BCUT2D eigenvalue weighted by molar-refractivity contribution is 7.11. The van der Waals surface area contributed by atoms with E-state index in [2.05, 4.69) is 9.69 Å². The number of nitrogens with two attached hydrogens (primary N) is 1. The summed E-state index contributed by atoms with van der Waals surface area (Å²) in [5.74, 6) is 1.21. The topological polar surface area (TPSA) is 80.5 Å². The van der Waals surface area contributed by atoms with Crippen LogP contribution in [0.2, 0.25) is 0 Å². The van der Waals surface area contributed by atoms with Gasteiger partial charge in [0, 0.05) is 26.1 Å². The third-order valence-corrected chi connectivity index (χ3v) is 4.16. The largest absolute Gasteiger partial charge is 0.484 e. The van der Waals surface area contributed by atoms with E-state index in [1.54, 1.807) is 0 Å². The van der Waals surface area contributed by atoms with Gasteiger partial charge in [-0.05, 0) is 44.6 Å². The van der Waals surface area contributed by atoms with E-state index in [0.29, 0.717) is 24.5 Å². The van der Waals surface area contributed by atoms with Crippen LogP contribution in [0.5, 0.6) is 5.75 Å². The van der Waals surface area contributed by atoms with E-state index < -0.39 is 0 Å². The maximum absolute atomic E-state index is 12.1. The predicted molar refractivity (Wildman–Crippen MR) is 85.8 cm³/mol. The molecule has 0 saturated carbocycles. The van der Waals surface area contributed by atoms with Crippen LogP contribution >= 0.6 is 11.5 Å². The number of nitrogen functional groups attached to an aromatic ring is 1. The smallest absolute Gasteiger partial charge is 0.224 e. The van der Waals surface area contributed by atoms with E-state index in [1.807, 2.05) is 18.7 Å². The van der Waals surface area contributed by atoms with Crippen molar-refractivity contribution in [1.82, 2.24) is 9.27 Å². The van der Waals surface area contributed by atoms with Crippen LogP contribution in [-0.2, 0) is 4.79 Å². The molecule has 0 atom stereocenters. The van der Waals surface area contributed by atoms with E-state index in [0.717, 1.165) is 30.9 Å². The quantitative estimate of drug-likeness (QED) is 0.842. The molecular formula is C14H24N4O2S. The molecule has 1 aromatic rings. The standard InChI is InChI=1S/C14H24N4O2S/c1-10(2)20-12-13(15)17-21-14(12)16-7-6-11(19)18-8-4-3-5-9-18/h10,16H,3-9H2,1-2H3,(H2,15,17). The molecule has 1 amide bonds. The molecule has 1 aliphatic rings. The van der Waals surface area contributed by atoms with Crippen LogP contribution in [0.15, 0.2) is 0 Å². The zero-order valence-electron chi connectivity index (χ0n) is 12.7. The SMILES string of the molecule is CC(C)Oc1c(N)nsc1NCCC(=O)N1CCCCC1. The Labute approximate surface area is 129 Å². The number of hydrogen-bond acceptors (Lipinski definition) is 6. The zero-order valence-corrected chi connectivity index (χ0v) is 13.5. The number of amides is 1. The molecule has 7 heteroatoms. The number of piperidine rings is 1. The number of aromatic nitrogens is 1. The maximum atomic E-state index is 12.1. The lowest BCUT2D eigenvalue weighted by molar-refractivity contribution is -0.131. The minimum absolute atomic E-state index is 0.0410.